The van der Waals surface area contributed by atoms with E-state index in [0.29, 0.717) is 12.2 Å². The van der Waals surface area contributed by atoms with Gasteiger partial charge in [0.1, 0.15) is 11.9 Å². The Hall–Kier alpha value is -1.33. The summed E-state index contributed by atoms with van der Waals surface area (Å²) in [6, 6.07) is 3.67. The zero-order valence-electron chi connectivity index (χ0n) is 14.0. The Morgan fingerprint density at radius 3 is 2.78 bits per heavy atom. The Labute approximate surface area is 137 Å². The third-order valence-corrected chi connectivity index (χ3v) is 5.07. The number of hydrogen-bond donors (Lipinski definition) is 1. The number of amides is 1. The van der Waals surface area contributed by atoms with Gasteiger partial charge >= 0.3 is 0 Å². The van der Waals surface area contributed by atoms with E-state index < -0.39 is 6.10 Å². The van der Waals surface area contributed by atoms with Gasteiger partial charge in [0.2, 0.25) is 5.91 Å². The predicted octanol–water partition coefficient (Wildman–Crippen LogP) is 2.90. The van der Waals surface area contributed by atoms with Crippen LogP contribution in [0.25, 0.3) is 0 Å². The molecule has 0 radical (unpaired) electrons. The Kier molecular flexibility index (Phi) is 5.07. The van der Waals surface area contributed by atoms with E-state index >= 15 is 0 Å². The van der Waals surface area contributed by atoms with Gasteiger partial charge < -0.3 is 19.2 Å². The van der Waals surface area contributed by atoms with Gasteiger partial charge in [0.15, 0.2) is 0 Å². The van der Waals surface area contributed by atoms with Crippen molar-refractivity contribution in [1.29, 1.82) is 0 Å². The molecule has 0 spiro atoms. The topological polar surface area (TPSA) is 62.9 Å². The molecule has 5 heteroatoms. The molecular formula is C18H27NO4. The molecule has 23 heavy (non-hydrogen) atoms. The number of rotatable bonds is 4. The van der Waals surface area contributed by atoms with E-state index in [0.717, 1.165) is 32.2 Å². The van der Waals surface area contributed by atoms with Crippen molar-refractivity contribution >= 4 is 5.91 Å². The second kappa shape index (κ2) is 7.05. The lowest BCUT2D eigenvalue weighted by Crippen LogP contribution is -2.44. The van der Waals surface area contributed by atoms with Crippen LogP contribution in [0, 0.1) is 5.92 Å². The van der Waals surface area contributed by atoms with Gasteiger partial charge in [-0.05, 0) is 51.7 Å². The van der Waals surface area contributed by atoms with E-state index in [1.165, 1.54) is 0 Å². The molecule has 0 aromatic carbocycles. The average molecular weight is 321 g/mol. The number of aliphatic hydroxyl groups is 1. The molecule has 2 saturated heterocycles. The van der Waals surface area contributed by atoms with Gasteiger partial charge in [0, 0.05) is 24.9 Å². The number of likely N-dealkylation sites (tertiary alicyclic amines) is 1. The highest BCUT2D eigenvalue weighted by atomic mass is 16.5. The molecule has 3 rings (SSSR count). The molecule has 0 bridgehead atoms. The van der Waals surface area contributed by atoms with Gasteiger partial charge in [-0.1, -0.05) is 0 Å². The number of carbonyl (C=O) groups is 1. The van der Waals surface area contributed by atoms with E-state index in [1.807, 2.05) is 18.7 Å². The van der Waals surface area contributed by atoms with Crippen LogP contribution in [0.5, 0.6) is 0 Å². The largest absolute Gasteiger partial charge is 0.467 e. The van der Waals surface area contributed by atoms with Crippen LogP contribution in [0.4, 0.5) is 0 Å². The number of carbonyl (C=O) groups excluding carboxylic acids is 1. The summed E-state index contributed by atoms with van der Waals surface area (Å²) in [5, 5.41) is 10.3. The van der Waals surface area contributed by atoms with Crippen LogP contribution < -0.4 is 0 Å². The van der Waals surface area contributed by atoms with E-state index in [9.17, 15) is 9.90 Å². The first-order valence-corrected chi connectivity index (χ1v) is 8.72. The molecule has 1 aromatic heterocycles. The molecule has 1 N–H and O–H groups in total. The highest BCUT2D eigenvalue weighted by molar-refractivity contribution is 5.79. The molecule has 4 unspecified atom stereocenters. The van der Waals surface area contributed by atoms with Crippen LogP contribution >= 0.6 is 0 Å². The molecule has 3 heterocycles. The second-order valence-electron chi connectivity index (χ2n) is 7.02. The zero-order chi connectivity index (χ0) is 16.4. The van der Waals surface area contributed by atoms with E-state index in [2.05, 4.69) is 0 Å². The third-order valence-electron chi connectivity index (χ3n) is 5.07. The van der Waals surface area contributed by atoms with E-state index in [-0.39, 0.29) is 30.1 Å². The van der Waals surface area contributed by atoms with Crippen LogP contribution in [-0.4, -0.2) is 40.7 Å². The monoisotopic (exact) mass is 321 g/mol. The second-order valence-corrected chi connectivity index (χ2v) is 7.02. The standard InChI is InChI=1S/C18H27NO4/c1-12-9-14(10-13(2)23-12)18(21)19-7-3-5-15(19)11-16(20)17-6-4-8-22-17/h4,6,8,12-16,20H,3,5,7,9-11H2,1-2H3. The summed E-state index contributed by atoms with van der Waals surface area (Å²) in [5.41, 5.74) is 0. The summed E-state index contributed by atoms with van der Waals surface area (Å²) in [4.78, 5) is 14.9. The average Bonchev–Trinajstić information content (AvgIpc) is 3.16. The summed E-state index contributed by atoms with van der Waals surface area (Å²) >= 11 is 0. The van der Waals surface area contributed by atoms with Crippen molar-refractivity contribution in [3.8, 4) is 0 Å². The third kappa shape index (κ3) is 3.78. The maximum atomic E-state index is 12.9. The van der Waals surface area contributed by atoms with Crippen LogP contribution in [0.2, 0.25) is 0 Å². The first-order chi connectivity index (χ1) is 11.0. The number of nitrogens with zero attached hydrogens (tertiary/aromatic N) is 1. The number of furan rings is 1. The lowest BCUT2D eigenvalue weighted by atomic mass is 9.91. The fourth-order valence-electron chi connectivity index (χ4n) is 4.07. The molecule has 1 amide bonds. The summed E-state index contributed by atoms with van der Waals surface area (Å²) in [6.45, 7) is 4.88. The Balaban J connectivity index is 1.62. The van der Waals surface area contributed by atoms with Crippen molar-refractivity contribution in [3.63, 3.8) is 0 Å². The van der Waals surface area contributed by atoms with Crippen molar-refractivity contribution in [2.45, 2.75) is 70.3 Å². The molecule has 0 saturated carbocycles. The van der Waals surface area contributed by atoms with Crippen molar-refractivity contribution in [1.82, 2.24) is 4.90 Å². The molecule has 2 aliphatic heterocycles. The number of ether oxygens (including phenoxy) is 1. The van der Waals surface area contributed by atoms with Gasteiger partial charge in [-0.15, -0.1) is 0 Å². The quantitative estimate of drug-likeness (QED) is 0.926. The molecule has 128 valence electrons. The fraction of sp³-hybridized carbons (Fsp3) is 0.722. The van der Waals surface area contributed by atoms with Crippen molar-refractivity contribution in [3.05, 3.63) is 24.2 Å². The summed E-state index contributed by atoms with van der Waals surface area (Å²) < 4.78 is 11.0. The van der Waals surface area contributed by atoms with E-state index in [4.69, 9.17) is 9.15 Å². The number of aliphatic hydroxyl groups excluding tert-OH is 1. The van der Waals surface area contributed by atoms with Gasteiger partial charge in [-0.3, -0.25) is 4.79 Å². The van der Waals surface area contributed by atoms with Crippen LogP contribution in [0.1, 0.15) is 57.8 Å². The van der Waals surface area contributed by atoms with Crippen molar-refractivity contribution in [2.75, 3.05) is 6.54 Å². The van der Waals surface area contributed by atoms with E-state index in [1.54, 1.807) is 18.4 Å². The van der Waals surface area contributed by atoms with Crippen LogP contribution in [0.3, 0.4) is 0 Å². The highest BCUT2D eigenvalue weighted by Gasteiger charge is 2.37. The Bertz CT molecular complexity index is 505. The van der Waals surface area contributed by atoms with Crippen LogP contribution in [-0.2, 0) is 9.53 Å². The van der Waals surface area contributed by atoms with Crippen molar-refractivity contribution < 1.29 is 19.1 Å². The summed E-state index contributed by atoms with van der Waals surface area (Å²) in [6.07, 6.45) is 5.32. The first-order valence-electron chi connectivity index (χ1n) is 8.72. The molecule has 1 aromatic rings. The minimum absolute atomic E-state index is 0.0510. The molecular weight excluding hydrogens is 294 g/mol. The van der Waals surface area contributed by atoms with Crippen LogP contribution in [0.15, 0.2) is 22.8 Å². The highest BCUT2D eigenvalue weighted by Crippen LogP contribution is 2.32. The molecule has 0 aliphatic carbocycles. The fourth-order valence-corrected chi connectivity index (χ4v) is 4.07. The number of hydrogen-bond acceptors (Lipinski definition) is 4. The SMILES string of the molecule is CC1CC(C(=O)N2CCCC2CC(O)c2ccco2)CC(C)O1. The predicted molar refractivity (Wildman–Crippen MR) is 85.8 cm³/mol. The van der Waals surface area contributed by atoms with Gasteiger partial charge in [-0.25, -0.2) is 0 Å². The van der Waals surface area contributed by atoms with Gasteiger partial charge in [0.05, 0.1) is 18.5 Å². The lowest BCUT2D eigenvalue weighted by molar-refractivity contribution is -0.144. The maximum absolute atomic E-state index is 12.9. The zero-order valence-corrected chi connectivity index (χ0v) is 14.0. The molecule has 4 atom stereocenters. The lowest BCUT2D eigenvalue weighted by Gasteiger charge is -2.35. The maximum Gasteiger partial charge on any atom is 0.226 e. The molecule has 5 nitrogen and oxygen atoms in total. The molecule has 2 aliphatic rings. The van der Waals surface area contributed by atoms with Crippen molar-refractivity contribution in [2.24, 2.45) is 5.92 Å². The summed E-state index contributed by atoms with van der Waals surface area (Å²) in [7, 11) is 0. The summed E-state index contributed by atoms with van der Waals surface area (Å²) in [5.74, 6) is 0.869. The normalized spacial score (nSPS) is 32.9. The first kappa shape index (κ1) is 16.5. The smallest absolute Gasteiger partial charge is 0.226 e. The molecule has 2 fully saturated rings. The van der Waals surface area contributed by atoms with Gasteiger partial charge in [-0.2, -0.15) is 0 Å². The Morgan fingerprint density at radius 1 is 1.39 bits per heavy atom. The minimum atomic E-state index is -0.643. The minimum Gasteiger partial charge on any atom is -0.467 e. The Morgan fingerprint density at radius 2 is 2.13 bits per heavy atom. The van der Waals surface area contributed by atoms with Gasteiger partial charge in [0.25, 0.3) is 0 Å².